The highest BCUT2D eigenvalue weighted by molar-refractivity contribution is 6.01. The third kappa shape index (κ3) is 18.2. The molecular formula is C110H125FN22O7. The van der Waals surface area contributed by atoms with Crippen LogP contribution in [0.3, 0.4) is 0 Å². The summed E-state index contributed by atoms with van der Waals surface area (Å²) in [4.78, 5) is 98.3. The van der Waals surface area contributed by atoms with Gasteiger partial charge in [0.1, 0.15) is 29.0 Å². The summed E-state index contributed by atoms with van der Waals surface area (Å²) in [6, 6.07) is 34.0. The van der Waals surface area contributed by atoms with E-state index >= 15 is 0 Å². The lowest BCUT2D eigenvalue weighted by Crippen LogP contribution is -2.40. The van der Waals surface area contributed by atoms with Crippen LogP contribution in [-0.4, -0.2) is 202 Å². The lowest BCUT2D eigenvalue weighted by Gasteiger charge is -2.39. The first-order chi connectivity index (χ1) is 68.0. The lowest BCUT2D eigenvalue weighted by atomic mass is 9.73. The van der Waals surface area contributed by atoms with E-state index in [4.69, 9.17) is 54.1 Å². The third-order valence-corrected chi connectivity index (χ3v) is 30.2. The summed E-state index contributed by atoms with van der Waals surface area (Å²) in [7, 11) is 5.77. The summed E-state index contributed by atoms with van der Waals surface area (Å²) in [5, 5.41) is 22.2. The fraction of sp³-hybridized carbons (Fsp3) is 0.445. The number of aryl methyl sites for hydroxylation is 6. The van der Waals surface area contributed by atoms with Gasteiger partial charge in [-0.15, -0.1) is 0 Å². The molecule has 0 spiro atoms. The van der Waals surface area contributed by atoms with Crippen LogP contribution >= 0.6 is 0 Å². The number of fused-ring (bicyclic) bond motifs is 8. The van der Waals surface area contributed by atoms with Crippen molar-refractivity contribution in [3.8, 4) is 78.8 Å². The molecule has 3 saturated heterocycles. The Bertz CT molecular complexity index is 7260. The maximum atomic E-state index is 14.4. The first-order valence-electron chi connectivity index (χ1n) is 50.5. The van der Waals surface area contributed by atoms with Gasteiger partial charge >= 0.3 is 0 Å². The Kier molecular flexibility index (Phi) is 25.9. The average Bonchev–Trinajstić information content (AvgIpc) is 1.60. The van der Waals surface area contributed by atoms with Crippen molar-refractivity contribution in [3.63, 3.8) is 0 Å². The molecule has 18 heterocycles. The third-order valence-electron chi connectivity index (χ3n) is 30.2. The minimum atomic E-state index is -1.12. The van der Waals surface area contributed by atoms with Crippen molar-refractivity contribution in [3.05, 3.63) is 209 Å². The van der Waals surface area contributed by atoms with Crippen molar-refractivity contribution in [2.75, 3.05) is 65.8 Å². The van der Waals surface area contributed by atoms with Crippen LogP contribution in [0.4, 0.5) is 4.39 Å². The molecule has 0 N–H and O–H groups in total. The van der Waals surface area contributed by atoms with Crippen LogP contribution in [0, 0.1) is 20.8 Å². The first kappa shape index (κ1) is 93.0. The highest BCUT2D eigenvalue weighted by Gasteiger charge is 2.46. The van der Waals surface area contributed by atoms with E-state index in [1.165, 1.54) is 24.1 Å². The number of aromatic nitrogens is 18. The SMILES string of the molecule is CCC(=O)N1CCn2c(C3CC(C)(F)C3)nc(-c3cccc4cc(-c5cn(C)nc5C)ncc34)c2C1.CCC(=O)N1CCn2c(C3CC3)nc(-c3cccc4cc(-c5cn(C)nc5C)ncc34)c2C1.CCC(=O)N1CCn2c(C3CCOCC3)nc(-c3cccc4cc(-c5cn(C)nc5C)ncc34)c2C1.CCC(=O)N1CCn2c(C3CCOCC3)nc(-c3cccc4cc(C5CCOCC5)ncc34)c2C1. The zero-order chi connectivity index (χ0) is 96.5. The minimum Gasteiger partial charge on any atom is -0.381 e. The first-order valence-corrected chi connectivity index (χ1v) is 50.5. The Labute approximate surface area is 814 Å². The van der Waals surface area contributed by atoms with Crippen LogP contribution in [0.25, 0.3) is 122 Å². The summed E-state index contributed by atoms with van der Waals surface area (Å²) in [5.41, 5.74) is 21.3. The van der Waals surface area contributed by atoms with E-state index in [2.05, 4.69) is 125 Å². The summed E-state index contributed by atoms with van der Waals surface area (Å²) < 4.78 is 46.1. The van der Waals surface area contributed by atoms with Crippen molar-refractivity contribution in [2.45, 2.75) is 233 Å². The average molecular weight is 1890 g/mol. The maximum absolute atomic E-state index is 14.4. The predicted molar refractivity (Wildman–Crippen MR) is 537 cm³/mol. The number of carbonyl (C=O) groups is 4. The van der Waals surface area contributed by atoms with Gasteiger partial charge in [0.15, 0.2) is 0 Å². The van der Waals surface area contributed by atoms with E-state index in [9.17, 15) is 23.6 Å². The number of nitrogens with zero attached hydrogens (tertiary/aromatic N) is 22. The number of halogens is 1. The number of ether oxygens (including phenoxy) is 3. The molecule has 0 unspecified atom stereocenters. The molecule has 0 radical (unpaired) electrons. The number of carbonyl (C=O) groups excluding carboxylic acids is 4. The molecule has 5 fully saturated rings. The molecule has 9 aliphatic rings. The van der Waals surface area contributed by atoms with Gasteiger partial charge in [0.2, 0.25) is 23.6 Å². The molecule has 30 heteroatoms. The fourth-order valence-electron chi connectivity index (χ4n) is 22.6. The molecular weight excluding hydrogens is 1760 g/mol. The number of benzene rings is 4. The van der Waals surface area contributed by atoms with Crippen LogP contribution in [0.15, 0.2) is 140 Å². The second kappa shape index (κ2) is 39.0. The normalized spacial score (nSPS) is 18.4. The van der Waals surface area contributed by atoms with Crippen molar-refractivity contribution in [1.82, 2.24) is 107 Å². The van der Waals surface area contributed by atoms with Gasteiger partial charge in [-0.3, -0.25) is 53.2 Å². The van der Waals surface area contributed by atoms with Gasteiger partial charge in [-0.05, 0) is 138 Å². The molecule has 140 heavy (non-hydrogen) atoms. The van der Waals surface area contributed by atoms with Crippen LogP contribution in [0.5, 0.6) is 0 Å². The summed E-state index contributed by atoms with van der Waals surface area (Å²) in [6.45, 7) is 28.5. The molecule has 4 amide bonds. The molecule has 11 aromatic heterocycles. The number of hydrogen-bond acceptors (Lipinski definition) is 18. The van der Waals surface area contributed by atoms with E-state index in [-0.39, 0.29) is 29.5 Å². The lowest BCUT2D eigenvalue weighted by molar-refractivity contribution is -0.133. The minimum absolute atomic E-state index is 0.106. The molecule has 2 saturated carbocycles. The van der Waals surface area contributed by atoms with E-state index in [1.807, 2.05) is 148 Å². The van der Waals surface area contributed by atoms with Crippen LogP contribution < -0.4 is 0 Å². The number of pyridine rings is 4. The van der Waals surface area contributed by atoms with Gasteiger partial charge in [-0.1, -0.05) is 100 Å². The molecule has 0 atom stereocenters. The van der Waals surface area contributed by atoms with E-state index in [0.717, 1.165) is 297 Å². The topological polar surface area (TPSA) is 285 Å². The quantitative estimate of drug-likeness (QED) is 0.0868. The fourth-order valence-corrected chi connectivity index (χ4v) is 22.6. The molecule has 4 aromatic carbocycles. The van der Waals surface area contributed by atoms with Crippen molar-refractivity contribution in [2.24, 2.45) is 21.1 Å². The number of imidazole rings is 4. The zero-order valence-electron chi connectivity index (χ0n) is 82.4. The number of amides is 4. The largest absolute Gasteiger partial charge is 0.381 e. The summed E-state index contributed by atoms with van der Waals surface area (Å²) >= 11 is 0. The van der Waals surface area contributed by atoms with Crippen LogP contribution in [0.1, 0.15) is 223 Å². The molecule has 29 nitrogen and oxygen atoms in total. The molecule has 724 valence electrons. The van der Waals surface area contributed by atoms with Gasteiger partial charge in [-0.2, -0.15) is 15.3 Å². The van der Waals surface area contributed by atoms with E-state index in [1.54, 1.807) is 11.6 Å². The molecule has 0 bridgehead atoms. The van der Waals surface area contributed by atoms with Crippen molar-refractivity contribution >= 4 is 66.7 Å². The number of hydrogen-bond donors (Lipinski definition) is 0. The summed E-state index contributed by atoms with van der Waals surface area (Å²) in [5.74, 6) is 7.09. The molecule has 15 aromatic rings. The van der Waals surface area contributed by atoms with E-state index in [0.29, 0.717) is 101 Å². The number of alkyl halides is 1. The Balaban J connectivity index is 0.000000111. The second-order valence-corrected chi connectivity index (χ2v) is 39.6. The zero-order valence-corrected chi connectivity index (χ0v) is 82.4. The standard InChI is InChI=1S/C28H31FN6O.C28H32N6O2.C28H34N4O3.C26H28N6O/c1-5-25(36)34-9-10-35-24(16-34)26(31-27(35)19-12-28(3,29)13-19)20-8-6-7-18-11-23(30-14-21(18)20)22-15-33(4)32-17(22)2;1-4-26(35)33-10-11-34-25(17-33)27(30-28(34)19-8-12-36-13-9-19)21-7-5-6-20-14-24(29-15-22(20)21)23-16-32(3)31-18(23)2;1-2-26(33)31-10-11-32-25(18-31)27(30-28(32)20-8-14-35-15-9-20)22-5-3-4-21-16-24(29-17-23(21)22)19-6-12-34-13-7-19;1-4-24(33)31-10-11-32-23(15-31)25(28-26(32)17-8-9-17)19-7-5-6-18-12-22(27-13-20(18)19)21-14-30(3)29-16(21)2/h6-8,11,14-15,19H,5,9-10,12-13,16H2,1-4H3;5-7,14-16,19H,4,8-13,17H2,1-3H3;3-5,16-17,19-20H,2,6-15,18H2,1H3;5-7,12-14,17H,4,8-11,15H2,1-3H3. The Morgan fingerprint density at radius 2 is 0.621 bits per heavy atom. The monoisotopic (exact) mass is 1890 g/mol. The molecule has 7 aliphatic heterocycles. The van der Waals surface area contributed by atoms with Gasteiger partial charge in [0.05, 0.1) is 106 Å². The Hall–Kier alpha value is -13.3. The molecule has 24 rings (SSSR count). The van der Waals surface area contributed by atoms with Gasteiger partial charge < -0.3 is 52.1 Å². The smallest absolute Gasteiger partial charge is 0.222 e. The maximum Gasteiger partial charge on any atom is 0.222 e. The van der Waals surface area contributed by atoms with Crippen molar-refractivity contribution in [1.29, 1.82) is 0 Å². The van der Waals surface area contributed by atoms with Crippen LogP contribution in [-0.2, 0) is 107 Å². The highest BCUT2D eigenvalue weighted by atomic mass is 19.1. The highest BCUT2D eigenvalue weighted by Crippen LogP contribution is 2.50. The van der Waals surface area contributed by atoms with E-state index < -0.39 is 5.67 Å². The second-order valence-electron chi connectivity index (χ2n) is 39.6. The van der Waals surface area contributed by atoms with Crippen molar-refractivity contribution < 1.29 is 37.8 Å². The van der Waals surface area contributed by atoms with Gasteiger partial charge in [0, 0.05) is 278 Å². The number of rotatable bonds is 16. The van der Waals surface area contributed by atoms with Gasteiger partial charge in [-0.25, -0.2) is 24.3 Å². The Morgan fingerprint density at radius 3 is 0.893 bits per heavy atom. The van der Waals surface area contributed by atoms with Gasteiger partial charge in [0.25, 0.3) is 0 Å². The van der Waals surface area contributed by atoms with Crippen LogP contribution in [0.2, 0.25) is 0 Å². The summed E-state index contributed by atoms with van der Waals surface area (Å²) in [6.07, 6.45) is 25.4. The predicted octanol–water partition coefficient (Wildman–Crippen LogP) is 18.7. The Morgan fingerprint density at radius 1 is 0.350 bits per heavy atom. The molecule has 2 aliphatic carbocycles.